The van der Waals surface area contributed by atoms with E-state index in [0.717, 1.165) is 11.8 Å². The minimum absolute atomic E-state index is 0.112. The van der Waals surface area contributed by atoms with Crippen LogP contribution >= 0.6 is 0 Å². The van der Waals surface area contributed by atoms with Gasteiger partial charge in [0, 0.05) is 6.04 Å². The van der Waals surface area contributed by atoms with Crippen LogP contribution in [-0.2, 0) is 10.0 Å². The number of halogens is 1. The molecule has 0 saturated heterocycles. The van der Waals surface area contributed by atoms with Crippen molar-refractivity contribution in [2.24, 2.45) is 0 Å². The first-order chi connectivity index (χ1) is 9.72. The van der Waals surface area contributed by atoms with E-state index in [1.807, 2.05) is 13.8 Å². The van der Waals surface area contributed by atoms with E-state index in [0.29, 0.717) is 11.4 Å². The summed E-state index contributed by atoms with van der Waals surface area (Å²) < 4.78 is 42.1. The molecule has 2 aromatic rings. The number of rotatable bonds is 4. The van der Waals surface area contributed by atoms with E-state index in [9.17, 15) is 12.8 Å². The maximum atomic E-state index is 13.2. The first-order valence-corrected chi connectivity index (χ1v) is 8.05. The molecule has 1 N–H and O–H groups in total. The number of aromatic nitrogens is 2. The molecule has 0 unspecified atom stereocenters. The van der Waals surface area contributed by atoms with Crippen molar-refractivity contribution in [3.63, 3.8) is 0 Å². The molecule has 0 atom stereocenters. The fourth-order valence-corrected chi connectivity index (χ4v) is 3.35. The molecule has 7 heteroatoms. The van der Waals surface area contributed by atoms with Crippen LogP contribution in [-0.4, -0.2) is 18.2 Å². The molecule has 0 bridgehead atoms. The Labute approximate surface area is 123 Å². The van der Waals surface area contributed by atoms with Crippen LogP contribution < -0.4 is 4.72 Å². The van der Waals surface area contributed by atoms with Gasteiger partial charge in [0.1, 0.15) is 5.82 Å². The van der Waals surface area contributed by atoms with Gasteiger partial charge in [0.2, 0.25) is 0 Å². The zero-order valence-corrected chi connectivity index (χ0v) is 13.2. The van der Waals surface area contributed by atoms with E-state index >= 15 is 0 Å². The van der Waals surface area contributed by atoms with Crippen molar-refractivity contribution in [2.75, 3.05) is 4.72 Å². The molecule has 2 rings (SSSR count). The predicted octanol–water partition coefficient (Wildman–Crippen LogP) is 3.02. The van der Waals surface area contributed by atoms with Crippen molar-refractivity contribution in [1.29, 1.82) is 0 Å². The van der Waals surface area contributed by atoms with Crippen molar-refractivity contribution in [3.8, 4) is 0 Å². The third-order valence-corrected chi connectivity index (χ3v) is 4.50. The molecule has 1 heterocycles. The van der Waals surface area contributed by atoms with Gasteiger partial charge in [0.15, 0.2) is 0 Å². The summed E-state index contributed by atoms with van der Waals surface area (Å²) in [5.74, 6) is -0.593. The third-order valence-electron chi connectivity index (χ3n) is 3.16. The fourth-order valence-electron chi connectivity index (χ4n) is 2.14. The van der Waals surface area contributed by atoms with Gasteiger partial charge in [-0.25, -0.2) is 12.8 Å². The number of benzene rings is 1. The van der Waals surface area contributed by atoms with Crippen LogP contribution in [0.25, 0.3) is 0 Å². The fraction of sp³-hybridized carbons (Fsp3) is 0.357. The Kier molecular flexibility index (Phi) is 4.04. The Morgan fingerprint density at radius 2 is 1.95 bits per heavy atom. The quantitative estimate of drug-likeness (QED) is 0.944. The Morgan fingerprint density at radius 3 is 2.48 bits per heavy atom. The van der Waals surface area contributed by atoms with Gasteiger partial charge in [-0.15, -0.1) is 0 Å². The van der Waals surface area contributed by atoms with Gasteiger partial charge in [-0.3, -0.25) is 9.40 Å². The number of anilines is 1. The summed E-state index contributed by atoms with van der Waals surface area (Å²) in [6, 6.07) is 5.02. The number of hydrogen-bond acceptors (Lipinski definition) is 3. The van der Waals surface area contributed by atoms with Crippen LogP contribution in [0.3, 0.4) is 0 Å². The van der Waals surface area contributed by atoms with Crippen LogP contribution in [0.2, 0.25) is 0 Å². The molecular formula is C14H18FN3O2S. The molecule has 0 spiro atoms. The van der Waals surface area contributed by atoms with E-state index < -0.39 is 15.8 Å². The van der Waals surface area contributed by atoms with Crippen LogP contribution in [0.15, 0.2) is 29.2 Å². The first-order valence-electron chi connectivity index (χ1n) is 6.56. The summed E-state index contributed by atoms with van der Waals surface area (Å²) in [5.41, 5.74) is 1.75. The smallest absolute Gasteiger partial charge is 0.262 e. The SMILES string of the molecule is Cc1nn(C(C)C)c(C)c1NS(=O)(=O)c1cccc(F)c1. The van der Waals surface area contributed by atoms with Crippen molar-refractivity contribution in [2.45, 2.75) is 38.6 Å². The molecule has 5 nitrogen and oxygen atoms in total. The summed E-state index contributed by atoms with van der Waals surface area (Å²) in [7, 11) is -3.84. The summed E-state index contributed by atoms with van der Waals surface area (Å²) in [4.78, 5) is -0.112. The Balaban J connectivity index is 2.42. The molecule has 0 saturated carbocycles. The van der Waals surface area contributed by atoms with Crippen LogP contribution in [0.4, 0.5) is 10.1 Å². The molecular weight excluding hydrogens is 293 g/mol. The molecule has 0 aliphatic carbocycles. The van der Waals surface area contributed by atoms with Gasteiger partial charge in [0.05, 0.1) is 22.0 Å². The van der Waals surface area contributed by atoms with Crippen molar-refractivity contribution in [3.05, 3.63) is 41.5 Å². The lowest BCUT2D eigenvalue weighted by atomic mass is 10.3. The highest BCUT2D eigenvalue weighted by Gasteiger charge is 2.21. The third kappa shape index (κ3) is 3.07. The van der Waals surface area contributed by atoms with E-state index in [2.05, 4.69) is 9.82 Å². The zero-order valence-electron chi connectivity index (χ0n) is 12.4. The molecule has 1 aromatic carbocycles. The summed E-state index contributed by atoms with van der Waals surface area (Å²) in [6.07, 6.45) is 0. The van der Waals surface area contributed by atoms with Gasteiger partial charge in [-0.1, -0.05) is 6.07 Å². The Morgan fingerprint density at radius 1 is 1.29 bits per heavy atom. The van der Waals surface area contributed by atoms with Gasteiger partial charge in [-0.05, 0) is 45.9 Å². The molecule has 0 radical (unpaired) electrons. The van der Waals surface area contributed by atoms with Crippen molar-refractivity contribution >= 4 is 15.7 Å². The number of nitrogens with zero attached hydrogens (tertiary/aromatic N) is 2. The van der Waals surface area contributed by atoms with Gasteiger partial charge < -0.3 is 0 Å². The molecule has 0 fully saturated rings. The maximum Gasteiger partial charge on any atom is 0.262 e. The lowest BCUT2D eigenvalue weighted by molar-refractivity contribution is 0.516. The average Bonchev–Trinajstić information content (AvgIpc) is 2.66. The second-order valence-electron chi connectivity index (χ2n) is 5.15. The minimum Gasteiger partial charge on any atom is -0.276 e. The largest absolute Gasteiger partial charge is 0.276 e. The highest BCUT2D eigenvalue weighted by Crippen LogP contribution is 2.25. The molecule has 0 aliphatic heterocycles. The second-order valence-corrected chi connectivity index (χ2v) is 6.83. The minimum atomic E-state index is -3.84. The standard InChI is InChI=1S/C14H18FN3O2S/c1-9(2)18-11(4)14(10(3)16-18)17-21(19,20)13-7-5-6-12(15)8-13/h5-9,17H,1-4H3. The predicted molar refractivity (Wildman–Crippen MR) is 79.3 cm³/mol. The van der Waals surface area contributed by atoms with Gasteiger partial charge >= 0.3 is 0 Å². The highest BCUT2D eigenvalue weighted by molar-refractivity contribution is 7.92. The summed E-state index contributed by atoms with van der Waals surface area (Å²) in [6.45, 7) is 7.45. The number of hydrogen-bond donors (Lipinski definition) is 1. The average molecular weight is 311 g/mol. The van der Waals surface area contributed by atoms with Crippen molar-refractivity contribution in [1.82, 2.24) is 9.78 Å². The monoisotopic (exact) mass is 311 g/mol. The molecule has 1 aromatic heterocycles. The molecule has 114 valence electrons. The molecule has 0 amide bonds. The normalized spacial score (nSPS) is 11.9. The maximum absolute atomic E-state index is 13.2. The summed E-state index contributed by atoms with van der Waals surface area (Å²) in [5, 5.41) is 4.32. The van der Waals surface area contributed by atoms with Crippen LogP contribution in [0, 0.1) is 19.7 Å². The highest BCUT2D eigenvalue weighted by atomic mass is 32.2. The first kappa shape index (κ1) is 15.5. The van der Waals surface area contributed by atoms with Crippen LogP contribution in [0.5, 0.6) is 0 Å². The second kappa shape index (κ2) is 5.48. The number of sulfonamides is 1. The number of nitrogens with one attached hydrogen (secondary N) is 1. The zero-order chi connectivity index (χ0) is 15.8. The topological polar surface area (TPSA) is 64.0 Å². The molecule has 21 heavy (non-hydrogen) atoms. The van der Waals surface area contributed by atoms with Crippen molar-refractivity contribution < 1.29 is 12.8 Å². The van der Waals surface area contributed by atoms with E-state index in [1.165, 1.54) is 18.2 Å². The van der Waals surface area contributed by atoms with Crippen LogP contribution in [0.1, 0.15) is 31.3 Å². The lowest BCUT2D eigenvalue weighted by Gasteiger charge is -2.10. The van der Waals surface area contributed by atoms with E-state index in [1.54, 1.807) is 18.5 Å². The van der Waals surface area contributed by atoms with E-state index in [-0.39, 0.29) is 10.9 Å². The van der Waals surface area contributed by atoms with E-state index in [4.69, 9.17) is 0 Å². The Hall–Kier alpha value is -1.89. The number of aryl methyl sites for hydroxylation is 1. The summed E-state index contributed by atoms with van der Waals surface area (Å²) >= 11 is 0. The van der Waals surface area contributed by atoms with Gasteiger partial charge in [0.25, 0.3) is 10.0 Å². The van der Waals surface area contributed by atoms with Gasteiger partial charge in [-0.2, -0.15) is 5.10 Å². The lowest BCUT2D eigenvalue weighted by Crippen LogP contribution is -2.14. The Bertz CT molecular complexity index is 767. The molecule has 0 aliphatic rings.